The van der Waals surface area contributed by atoms with E-state index in [0.29, 0.717) is 17.2 Å². The number of carbonyl (C=O) groups excluding carboxylic acids is 1. The molecule has 5 nitrogen and oxygen atoms in total. The first-order chi connectivity index (χ1) is 10.1. The fourth-order valence-electron chi connectivity index (χ4n) is 2.03. The SMILES string of the molecule is CCCc1cc(C(=O)Nc2ncccc2C)cc(NC)n1. The van der Waals surface area contributed by atoms with Gasteiger partial charge in [-0.2, -0.15) is 0 Å². The van der Waals surface area contributed by atoms with Crippen LogP contribution in [0, 0.1) is 6.92 Å². The van der Waals surface area contributed by atoms with Crippen LogP contribution in [0.15, 0.2) is 30.5 Å². The van der Waals surface area contributed by atoms with Gasteiger partial charge in [0.05, 0.1) is 0 Å². The molecule has 0 aliphatic carbocycles. The average Bonchev–Trinajstić information content (AvgIpc) is 2.49. The Morgan fingerprint density at radius 3 is 2.81 bits per heavy atom. The minimum absolute atomic E-state index is 0.173. The molecule has 5 heteroatoms. The molecule has 2 aromatic rings. The number of rotatable bonds is 5. The van der Waals surface area contributed by atoms with Crippen LogP contribution in [0.3, 0.4) is 0 Å². The monoisotopic (exact) mass is 284 g/mol. The maximum atomic E-state index is 12.4. The fraction of sp³-hybridized carbons (Fsp3) is 0.312. The molecule has 0 aliphatic heterocycles. The van der Waals surface area contributed by atoms with E-state index in [1.807, 2.05) is 25.1 Å². The third kappa shape index (κ3) is 3.78. The number of amides is 1. The average molecular weight is 284 g/mol. The maximum absolute atomic E-state index is 12.4. The summed E-state index contributed by atoms with van der Waals surface area (Å²) in [4.78, 5) is 21.0. The molecule has 0 atom stereocenters. The highest BCUT2D eigenvalue weighted by molar-refractivity contribution is 6.04. The van der Waals surface area contributed by atoms with Crippen molar-refractivity contribution in [2.45, 2.75) is 26.7 Å². The molecule has 2 heterocycles. The van der Waals surface area contributed by atoms with Gasteiger partial charge < -0.3 is 10.6 Å². The first-order valence-corrected chi connectivity index (χ1v) is 7.05. The van der Waals surface area contributed by atoms with Gasteiger partial charge in [-0.15, -0.1) is 0 Å². The maximum Gasteiger partial charge on any atom is 0.257 e. The third-order valence-electron chi connectivity index (χ3n) is 3.14. The van der Waals surface area contributed by atoms with Crippen LogP contribution in [-0.4, -0.2) is 22.9 Å². The van der Waals surface area contributed by atoms with Crippen molar-refractivity contribution in [3.8, 4) is 0 Å². The third-order valence-corrected chi connectivity index (χ3v) is 3.14. The van der Waals surface area contributed by atoms with Crippen LogP contribution in [0.25, 0.3) is 0 Å². The van der Waals surface area contributed by atoms with Gasteiger partial charge in [-0.1, -0.05) is 19.4 Å². The molecule has 1 amide bonds. The minimum atomic E-state index is -0.173. The number of aryl methyl sites for hydroxylation is 2. The molecule has 0 saturated heterocycles. The number of hydrogen-bond donors (Lipinski definition) is 2. The first kappa shape index (κ1) is 15.0. The van der Waals surface area contributed by atoms with Crippen LogP contribution in [0.5, 0.6) is 0 Å². The Morgan fingerprint density at radius 1 is 1.33 bits per heavy atom. The van der Waals surface area contributed by atoms with Gasteiger partial charge >= 0.3 is 0 Å². The summed E-state index contributed by atoms with van der Waals surface area (Å²) in [5, 5.41) is 5.83. The molecule has 0 spiro atoms. The highest BCUT2D eigenvalue weighted by Gasteiger charge is 2.11. The predicted molar refractivity (Wildman–Crippen MR) is 84.7 cm³/mol. The zero-order chi connectivity index (χ0) is 15.2. The normalized spacial score (nSPS) is 10.2. The van der Waals surface area contributed by atoms with Gasteiger partial charge in [-0.05, 0) is 37.1 Å². The summed E-state index contributed by atoms with van der Waals surface area (Å²) in [6.07, 6.45) is 3.50. The fourth-order valence-corrected chi connectivity index (χ4v) is 2.03. The molecule has 0 aliphatic rings. The molecular weight excluding hydrogens is 264 g/mol. The van der Waals surface area contributed by atoms with Gasteiger partial charge in [0.2, 0.25) is 0 Å². The number of aromatic nitrogens is 2. The van der Waals surface area contributed by atoms with E-state index in [0.717, 1.165) is 24.1 Å². The van der Waals surface area contributed by atoms with Crippen LogP contribution >= 0.6 is 0 Å². The second-order valence-corrected chi connectivity index (χ2v) is 4.86. The van der Waals surface area contributed by atoms with E-state index in [4.69, 9.17) is 0 Å². The molecule has 110 valence electrons. The van der Waals surface area contributed by atoms with E-state index in [2.05, 4.69) is 27.5 Å². The molecule has 0 fully saturated rings. The lowest BCUT2D eigenvalue weighted by Crippen LogP contribution is -2.15. The Balaban J connectivity index is 2.26. The Labute approximate surface area is 124 Å². The zero-order valence-electron chi connectivity index (χ0n) is 12.6. The summed E-state index contributed by atoms with van der Waals surface area (Å²) >= 11 is 0. The number of nitrogens with zero attached hydrogens (tertiary/aromatic N) is 2. The van der Waals surface area contributed by atoms with Gasteiger partial charge in [-0.3, -0.25) is 4.79 Å². The predicted octanol–water partition coefficient (Wildman–Crippen LogP) is 3.03. The number of pyridine rings is 2. The lowest BCUT2D eigenvalue weighted by atomic mass is 10.1. The first-order valence-electron chi connectivity index (χ1n) is 7.05. The molecule has 0 saturated carbocycles. The smallest absolute Gasteiger partial charge is 0.257 e. The lowest BCUT2D eigenvalue weighted by molar-refractivity contribution is 0.102. The Kier molecular flexibility index (Phi) is 4.87. The van der Waals surface area contributed by atoms with Gasteiger partial charge in [0.1, 0.15) is 11.6 Å². The zero-order valence-corrected chi connectivity index (χ0v) is 12.6. The van der Waals surface area contributed by atoms with E-state index in [9.17, 15) is 4.79 Å². The number of carbonyl (C=O) groups is 1. The van der Waals surface area contributed by atoms with Crippen molar-refractivity contribution in [2.24, 2.45) is 0 Å². The van der Waals surface area contributed by atoms with Crippen LogP contribution < -0.4 is 10.6 Å². The second-order valence-electron chi connectivity index (χ2n) is 4.86. The summed E-state index contributed by atoms with van der Waals surface area (Å²) in [5.74, 6) is 1.11. The van der Waals surface area contributed by atoms with E-state index in [1.165, 1.54) is 0 Å². The van der Waals surface area contributed by atoms with Crippen molar-refractivity contribution >= 4 is 17.5 Å². The van der Waals surface area contributed by atoms with E-state index >= 15 is 0 Å². The van der Waals surface area contributed by atoms with Crippen LogP contribution in [0.4, 0.5) is 11.6 Å². The van der Waals surface area contributed by atoms with Gasteiger partial charge in [0, 0.05) is 24.5 Å². The Morgan fingerprint density at radius 2 is 2.14 bits per heavy atom. The standard InChI is InChI=1S/C16H20N4O/c1-4-6-13-9-12(10-14(17-3)19-13)16(21)20-15-11(2)7-5-8-18-15/h5,7-10H,4,6H2,1-3H3,(H,17,19)(H,18,20,21). The van der Waals surface area contributed by atoms with Crippen LogP contribution in [-0.2, 0) is 6.42 Å². The van der Waals surface area contributed by atoms with Crippen molar-refractivity contribution in [3.05, 3.63) is 47.3 Å². The summed E-state index contributed by atoms with van der Waals surface area (Å²) in [7, 11) is 1.79. The highest BCUT2D eigenvalue weighted by Crippen LogP contribution is 2.15. The summed E-state index contributed by atoms with van der Waals surface area (Å²) < 4.78 is 0. The van der Waals surface area contributed by atoms with E-state index in [-0.39, 0.29) is 5.91 Å². The molecular formula is C16H20N4O. The molecule has 2 N–H and O–H groups in total. The largest absolute Gasteiger partial charge is 0.373 e. The van der Waals surface area contributed by atoms with Crippen molar-refractivity contribution in [1.82, 2.24) is 9.97 Å². The van der Waals surface area contributed by atoms with Gasteiger partial charge in [0.25, 0.3) is 5.91 Å². The number of nitrogens with one attached hydrogen (secondary N) is 2. The van der Waals surface area contributed by atoms with Crippen LogP contribution in [0.1, 0.15) is 35.0 Å². The quantitative estimate of drug-likeness (QED) is 0.885. The van der Waals surface area contributed by atoms with E-state index in [1.54, 1.807) is 19.3 Å². The highest BCUT2D eigenvalue weighted by atomic mass is 16.1. The molecule has 2 rings (SSSR count). The summed E-state index contributed by atoms with van der Waals surface area (Å²) in [6, 6.07) is 7.33. The minimum Gasteiger partial charge on any atom is -0.373 e. The van der Waals surface area contributed by atoms with Crippen molar-refractivity contribution in [3.63, 3.8) is 0 Å². The Bertz CT molecular complexity index is 640. The second kappa shape index (κ2) is 6.83. The lowest BCUT2D eigenvalue weighted by Gasteiger charge is -2.10. The molecule has 2 aromatic heterocycles. The van der Waals surface area contributed by atoms with Crippen molar-refractivity contribution < 1.29 is 4.79 Å². The topological polar surface area (TPSA) is 66.9 Å². The molecule has 21 heavy (non-hydrogen) atoms. The summed E-state index contributed by atoms with van der Waals surface area (Å²) in [6.45, 7) is 4.00. The van der Waals surface area contributed by atoms with Gasteiger partial charge in [0.15, 0.2) is 0 Å². The Hall–Kier alpha value is -2.43. The van der Waals surface area contributed by atoms with Crippen molar-refractivity contribution in [1.29, 1.82) is 0 Å². The molecule has 0 radical (unpaired) electrons. The summed E-state index contributed by atoms with van der Waals surface area (Å²) in [5.41, 5.74) is 2.43. The number of anilines is 2. The molecule has 0 unspecified atom stereocenters. The molecule has 0 aromatic carbocycles. The van der Waals surface area contributed by atoms with E-state index < -0.39 is 0 Å². The van der Waals surface area contributed by atoms with Crippen molar-refractivity contribution in [2.75, 3.05) is 17.7 Å². The molecule has 0 bridgehead atoms. The number of hydrogen-bond acceptors (Lipinski definition) is 4. The van der Waals surface area contributed by atoms with Gasteiger partial charge in [-0.25, -0.2) is 9.97 Å². The van der Waals surface area contributed by atoms with Crippen LogP contribution in [0.2, 0.25) is 0 Å².